The molecule has 1 rings (SSSR count). The van der Waals surface area contributed by atoms with Crippen LogP contribution in [0.25, 0.3) is 0 Å². The van der Waals surface area contributed by atoms with Crippen molar-refractivity contribution < 1.29 is 13.2 Å². The fourth-order valence-corrected chi connectivity index (χ4v) is 0.871. The highest BCUT2D eigenvalue weighted by atomic mass is 32.1. The van der Waals surface area contributed by atoms with Crippen LogP contribution in [-0.4, -0.2) is 15.7 Å². The van der Waals surface area contributed by atoms with E-state index < -0.39 is 12.0 Å². The lowest BCUT2D eigenvalue weighted by atomic mass is 10.3. The Morgan fingerprint density at radius 2 is 1.87 bits per heavy atom. The molecule has 0 atom stereocenters. The van der Waals surface area contributed by atoms with Crippen molar-refractivity contribution in [2.45, 2.75) is 12.6 Å². The summed E-state index contributed by atoms with van der Waals surface area (Å²) >= 11 is 3.94. The molecule has 0 aliphatic rings. The van der Waals surface area contributed by atoms with Gasteiger partial charge in [0.1, 0.15) is 0 Å². The van der Waals surface area contributed by atoms with Gasteiger partial charge in [0.05, 0.1) is 5.56 Å². The number of alkyl halides is 3. The van der Waals surface area contributed by atoms with E-state index in [0.717, 1.165) is 12.4 Å². The van der Waals surface area contributed by atoms with Gasteiger partial charge in [-0.2, -0.15) is 25.8 Å². The van der Waals surface area contributed by atoms with Gasteiger partial charge in [-0.3, -0.25) is 0 Å². The summed E-state index contributed by atoms with van der Waals surface area (Å²) in [4.78, 5) is 6.34. The number of nitrogens with zero attached hydrogens (tertiary/aromatic N) is 2. The van der Waals surface area contributed by atoms with Crippen LogP contribution in [0.4, 0.5) is 13.2 Å². The molecule has 0 saturated heterocycles. The third kappa shape index (κ3) is 3.80. The van der Waals surface area contributed by atoms with Crippen LogP contribution < -0.4 is 0 Å². The van der Waals surface area contributed by atoms with E-state index in [2.05, 4.69) is 34.4 Å². The first kappa shape index (κ1) is 11.9. The van der Waals surface area contributed by atoms with Gasteiger partial charge < -0.3 is 0 Å². The van der Waals surface area contributed by atoms with E-state index in [-0.39, 0.29) is 0 Å². The molecule has 15 heavy (non-hydrogen) atoms. The molecule has 0 N–H and O–H groups in total. The monoisotopic (exact) mass is 232 g/mol. The largest absolute Gasteiger partial charge is 0.451 e. The summed E-state index contributed by atoms with van der Waals surface area (Å²) in [5.41, 5.74) is 0.366. The minimum absolute atomic E-state index is 0.366. The first-order valence-electron chi connectivity index (χ1n) is 4.03. The Kier molecular flexibility index (Phi) is 3.97. The van der Waals surface area contributed by atoms with Crippen LogP contribution in [0.3, 0.4) is 0 Å². The number of hydrogen-bond donors (Lipinski definition) is 1. The average molecular weight is 232 g/mol. The molecule has 6 heteroatoms. The molecule has 0 saturated carbocycles. The lowest BCUT2D eigenvalue weighted by molar-refractivity contribution is -0.145. The number of hydrogen-bond acceptors (Lipinski definition) is 3. The van der Waals surface area contributed by atoms with Crippen LogP contribution in [0.1, 0.15) is 17.8 Å². The molecule has 0 aromatic carbocycles. The maximum absolute atomic E-state index is 12.1. The highest BCUT2D eigenvalue weighted by Gasteiger charge is 2.34. The van der Waals surface area contributed by atoms with Gasteiger partial charge in [-0.15, -0.1) is 0 Å². The van der Waals surface area contributed by atoms with E-state index in [0.29, 0.717) is 17.7 Å². The lowest BCUT2D eigenvalue weighted by Crippen LogP contribution is -2.10. The van der Waals surface area contributed by atoms with Crippen molar-refractivity contribution in [3.05, 3.63) is 23.8 Å². The standard InChI is InChI=1S/C9H7F3N2S/c10-9(11,12)8-13-5-7(6-14-8)3-1-2-4-15/h5-6,15H,2,4H2. The van der Waals surface area contributed by atoms with Crippen molar-refractivity contribution in [3.63, 3.8) is 0 Å². The quantitative estimate of drug-likeness (QED) is 0.593. The minimum Gasteiger partial charge on any atom is -0.232 e. The van der Waals surface area contributed by atoms with Gasteiger partial charge in [0.2, 0.25) is 5.82 Å². The van der Waals surface area contributed by atoms with Crippen LogP contribution in [-0.2, 0) is 6.18 Å². The fraction of sp³-hybridized carbons (Fsp3) is 0.333. The summed E-state index contributed by atoms with van der Waals surface area (Å²) in [5, 5.41) is 0. The molecule has 1 heterocycles. The molecule has 0 radical (unpaired) electrons. The van der Waals surface area contributed by atoms with E-state index in [1.54, 1.807) is 0 Å². The second-order valence-corrected chi connectivity index (χ2v) is 3.02. The Morgan fingerprint density at radius 1 is 1.27 bits per heavy atom. The summed E-state index contributed by atoms with van der Waals surface area (Å²) in [6.07, 6.45) is -1.82. The van der Waals surface area contributed by atoms with Crippen LogP contribution >= 0.6 is 12.6 Å². The van der Waals surface area contributed by atoms with Crippen molar-refractivity contribution in [3.8, 4) is 11.8 Å². The van der Waals surface area contributed by atoms with Gasteiger partial charge >= 0.3 is 6.18 Å². The maximum Gasteiger partial charge on any atom is 0.451 e. The molecular weight excluding hydrogens is 225 g/mol. The zero-order chi connectivity index (χ0) is 11.3. The molecule has 2 nitrogen and oxygen atoms in total. The smallest absolute Gasteiger partial charge is 0.232 e. The Balaban J connectivity index is 2.79. The van der Waals surface area contributed by atoms with Crippen LogP contribution in [0.5, 0.6) is 0 Å². The normalized spacial score (nSPS) is 10.7. The number of aromatic nitrogens is 2. The van der Waals surface area contributed by atoms with E-state index in [1.165, 1.54) is 0 Å². The van der Waals surface area contributed by atoms with E-state index in [9.17, 15) is 13.2 Å². The van der Waals surface area contributed by atoms with Gasteiger partial charge in [0, 0.05) is 24.6 Å². The Labute approximate surface area is 90.3 Å². The van der Waals surface area contributed by atoms with Crippen molar-refractivity contribution in [1.82, 2.24) is 9.97 Å². The van der Waals surface area contributed by atoms with Crippen molar-refractivity contribution in [2.75, 3.05) is 5.75 Å². The zero-order valence-electron chi connectivity index (χ0n) is 7.54. The van der Waals surface area contributed by atoms with Crippen LogP contribution in [0.2, 0.25) is 0 Å². The molecule has 0 fully saturated rings. The Morgan fingerprint density at radius 3 is 2.33 bits per heavy atom. The van der Waals surface area contributed by atoms with E-state index in [4.69, 9.17) is 0 Å². The summed E-state index contributed by atoms with van der Waals surface area (Å²) in [7, 11) is 0. The topological polar surface area (TPSA) is 25.8 Å². The molecular formula is C9H7F3N2S. The summed E-state index contributed by atoms with van der Waals surface area (Å²) in [6.45, 7) is 0. The third-order valence-corrected chi connectivity index (χ3v) is 1.60. The summed E-state index contributed by atoms with van der Waals surface area (Å²) in [5.74, 6) is 4.81. The number of halogens is 3. The molecule has 1 aromatic heterocycles. The lowest BCUT2D eigenvalue weighted by Gasteiger charge is -2.02. The van der Waals surface area contributed by atoms with Crippen molar-refractivity contribution >= 4 is 12.6 Å². The Bertz CT molecular complexity index is 375. The van der Waals surface area contributed by atoms with Crippen LogP contribution in [0, 0.1) is 11.8 Å². The molecule has 1 aromatic rings. The molecule has 0 amide bonds. The van der Waals surface area contributed by atoms with E-state index >= 15 is 0 Å². The predicted octanol–water partition coefficient (Wildman–Crippen LogP) is 2.17. The number of thiol groups is 1. The SMILES string of the molecule is FC(F)(F)c1ncc(C#CCCS)cn1. The molecule has 0 bridgehead atoms. The molecule has 0 aliphatic heterocycles. The van der Waals surface area contributed by atoms with Crippen LogP contribution in [0.15, 0.2) is 12.4 Å². The maximum atomic E-state index is 12.1. The fourth-order valence-electron chi connectivity index (χ4n) is 0.759. The van der Waals surface area contributed by atoms with Crippen molar-refractivity contribution in [1.29, 1.82) is 0 Å². The first-order valence-corrected chi connectivity index (χ1v) is 4.66. The number of rotatable bonds is 1. The Hall–Kier alpha value is -1.22. The van der Waals surface area contributed by atoms with E-state index in [1.807, 2.05) is 0 Å². The van der Waals surface area contributed by atoms with Gasteiger partial charge in [-0.1, -0.05) is 11.8 Å². The van der Waals surface area contributed by atoms with Crippen molar-refractivity contribution in [2.24, 2.45) is 0 Å². The summed E-state index contributed by atoms with van der Waals surface area (Å²) < 4.78 is 36.2. The zero-order valence-corrected chi connectivity index (χ0v) is 8.44. The van der Waals surface area contributed by atoms with Gasteiger partial charge in [0.25, 0.3) is 0 Å². The second kappa shape index (κ2) is 5.03. The first-order chi connectivity index (χ1) is 7.04. The molecule has 80 valence electrons. The predicted molar refractivity (Wildman–Crippen MR) is 52.4 cm³/mol. The highest BCUT2D eigenvalue weighted by Crippen LogP contribution is 2.25. The van der Waals surface area contributed by atoms with Gasteiger partial charge in [0.15, 0.2) is 0 Å². The molecule has 0 spiro atoms. The average Bonchev–Trinajstić information content (AvgIpc) is 2.18. The summed E-state index contributed by atoms with van der Waals surface area (Å²) in [6, 6.07) is 0. The minimum atomic E-state index is -4.50. The van der Waals surface area contributed by atoms with Gasteiger partial charge in [-0.25, -0.2) is 9.97 Å². The van der Waals surface area contributed by atoms with Gasteiger partial charge in [-0.05, 0) is 0 Å². The second-order valence-electron chi connectivity index (χ2n) is 2.57. The molecule has 0 aliphatic carbocycles. The third-order valence-electron chi connectivity index (χ3n) is 1.37. The molecule has 0 unspecified atom stereocenters. The highest BCUT2D eigenvalue weighted by molar-refractivity contribution is 7.80.